The third-order valence-electron chi connectivity index (χ3n) is 6.02. The summed E-state index contributed by atoms with van der Waals surface area (Å²) in [6.07, 6.45) is 2.97. The van der Waals surface area contributed by atoms with Crippen LogP contribution in [0.1, 0.15) is 53.4 Å². The molecule has 8 nitrogen and oxygen atoms in total. The van der Waals surface area contributed by atoms with Gasteiger partial charge in [-0.15, -0.1) is 0 Å². The molecule has 0 aliphatic carbocycles. The van der Waals surface area contributed by atoms with Gasteiger partial charge in [-0.2, -0.15) is 0 Å². The number of hydrogen-bond acceptors (Lipinski definition) is 6. The van der Waals surface area contributed by atoms with Gasteiger partial charge in [0.15, 0.2) is 17.3 Å². The molecule has 1 aliphatic rings. The van der Waals surface area contributed by atoms with E-state index in [1.54, 1.807) is 12.1 Å². The van der Waals surface area contributed by atoms with Gasteiger partial charge >= 0.3 is 0 Å². The molecule has 32 heavy (non-hydrogen) atoms. The van der Waals surface area contributed by atoms with Crippen molar-refractivity contribution in [3.8, 4) is 0 Å². The van der Waals surface area contributed by atoms with Crippen LogP contribution in [0.15, 0.2) is 45.4 Å². The Morgan fingerprint density at radius 1 is 1.09 bits per heavy atom. The number of fused-ring (bicyclic) bond motifs is 1. The minimum absolute atomic E-state index is 0.0284. The number of furan rings is 2. The van der Waals surface area contributed by atoms with Crippen molar-refractivity contribution in [1.82, 2.24) is 10.2 Å². The summed E-state index contributed by atoms with van der Waals surface area (Å²) in [7, 11) is 0. The maximum atomic E-state index is 13.0. The highest BCUT2D eigenvalue weighted by molar-refractivity contribution is 6.11. The van der Waals surface area contributed by atoms with Gasteiger partial charge in [0.1, 0.15) is 5.58 Å². The van der Waals surface area contributed by atoms with E-state index >= 15 is 0 Å². The van der Waals surface area contributed by atoms with Crippen molar-refractivity contribution in [3.63, 3.8) is 0 Å². The van der Waals surface area contributed by atoms with Gasteiger partial charge in [0, 0.05) is 37.0 Å². The molecule has 0 bridgehead atoms. The smallest absolute Gasteiger partial charge is 0.287 e. The summed E-state index contributed by atoms with van der Waals surface area (Å²) in [6, 6.07) is 8.64. The van der Waals surface area contributed by atoms with Crippen LogP contribution in [0.2, 0.25) is 0 Å². The third-order valence-corrected chi connectivity index (χ3v) is 6.02. The first kappa shape index (κ1) is 21.8. The minimum Gasteiger partial charge on any atom is -0.459 e. The quantitative estimate of drug-likeness (QED) is 0.569. The Kier molecular flexibility index (Phi) is 6.14. The van der Waals surface area contributed by atoms with E-state index in [1.807, 2.05) is 32.0 Å². The number of likely N-dealkylation sites (tertiary alicyclic amines) is 1. The molecule has 2 amide bonds. The second-order valence-electron chi connectivity index (χ2n) is 8.24. The van der Waals surface area contributed by atoms with E-state index < -0.39 is 6.04 Å². The van der Waals surface area contributed by atoms with Gasteiger partial charge in [-0.25, -0.2) is 0 Å². The van der Waals surface area contributed by atoms with Crippen molar-refractivity contribution in [2.75, 3.05) is 18.4 Å². The summed E-state index contributed by atoms with van der Waals surface area (Å²) in [6.45, 7) is 6.43. The Morgan fingerprint density at radius 2 is 1.81 bits per heavy atom. The molecule has 0 radical (unpaired) electrons. The lowest BCUT2D eigenvalue weighted by atomic mass is 10.0. The lowest BCUT2D eigenvalue weighted by molar-refractivity contribution is -0.121. The molecule has 2 aromatic heterocycles. The number of rotatable bonds is 6. The number of para-hydroxylation sites is 1. The number of carbonyl (C=O) groups excluding carboxylic acids is 3. The highest BCUT2D eigenvalue weighted by Crippen LogP contribution is 2.31. The van der Waals surface area contributed by atoms with Gasteiger partial charge in [0.05, 0.1) is 18.0 Å². The van der Waals surface area contributed by atoms with Crippen molar-refractivity contribution in [2.24, 2.45) is 0 Å². The first-order valence-electron chi connectivity index (χ1n) is 10.8. The monoisotopic (exact) mass is 437 g/mol. The Balaban J connectivity index is 1.37. The van der Waals surface area contributed by atoms with Crippen molar-refractivity contribution in [1.29, 1.82) is 0 Å². The van der Waals surface area contributed by atoms with Crippen LogP contribution >= 0.6 is 0 Å². The highest BCUT2D eigenvalue weighted by atomic mass is 16.3. The Labute approximate surface area is 185 Å². The third kappa shape index (κ3) is 4.31. The SMILES string of the molecule is CC(=O)c1oc2ccccc2c1NC(=O)C(C)N1CCC(NC(=O)c2occc2C)CC1. The predicted octanol–water partition coefficient (Wildman–Crippen LogP) is 3.76. The second-order valence-corrected chi connectivity index (χ2v) is 8.24. The molecule has 1 fully saturated rings. The molecule has 2 N–H and O–H groups in total. The van der Waals surface area contributed by atoms with Gasteiger partial charge in [0.25, 0.3) is 5.91 Å². The summed E-state index contributed by atoms with van der Waals surface area (Å²) in [4.78, 5) is 39.5. The van der Waals surface area contributed by atoms with E-state index in [-0.39, 0.29) is 29.4 Å². The largest absolute Gasteiger partial charge is 0.459 e. The van der Waals surface area contributed by atoms with Crippen molar-refractivity contribution >= 4 is 34.3 Å². The zero-order valence-electron chi connectivity index (χ0n) is 18.4. The van der Waals surface area contributed by atoms with E-state index in [0.29, 0.717) is 35.5 Å². The number of Topliss-reactive ketones (excluding diaryl/α,β-unsaturated/α-hetero) is 1. The fourth-order valence-corrected chi connectivity index (χ4v) is 4.10. The van der Waals surface area contributed by atoms with Crippen LogP contribution in [0.5, 0.6) is 0 Å². The van der Waals surface area contributed by atoms with Gasteiger partial charge in [-0.05, 0) is 44.9 Å². The molecule has 3 aromatic rings. The van der Waals surface area contributed by atoms with E-state index in [1.165, 1.54) is 13.2 Å². The number of nitrogens with one attached hydrogen (secondary N) is 2. The molecule has 4 rings (SSSR count). The number of amides is 2. The fraction of sp³-hybridized carbons (Fsp3) is 0.375. The van der Waals surface area contributed by atoms with Crippen LogP contribution in [-0.4, -0.2) is 47.7 Å². The van der Waals surface area contributed by atoms with Crippen molar-refractivity contribution in [2.45, 2.75) is 45.7 Å². The number of hydrogen-bond donors (Lipinski definition) is 2. The number of piperidine rings is 1. The Hall–Kier alpha value is -3.39. The second kappa shape index (κ2) is 9.00. The van der Waals surface area contributed by atoms with E-state index in [4.69, 9.17) is 8.83 Å². The van der Waals surface area contributed by atoms with Gasteiger partial charge in [-0.1, -0.05) is 12.1 Å². The molecule has 3 heterocycles. The summed E-state index contributed by atoms with van der Waals surface area (Å²) >= 11 is 0. The zero-order valence-corrected chi connectivity index (χ0v) is 18.4. The van der Waals surface area contributed by atoms with Crippen LogP contribution in [0.4, 0.5) is 5.69 Å². The van der Waals surface area contributed by atoms with Crippen LogP contribution in [-0.2, 0) is 4.79 Å². The molecule has 1 saturated heterocycles. The molecule has 168 valence electrons. The average Bonchev–Trinajstić information content (AvgIpc) is 3.37. The average molecular weight is 437 g/mol. The zero-order chi connectivity index (χ0) is 22.8. The number of benzene rings is 1. The fourth-order valence-electron chi connectivity index (χ4n) is 4.10. The minimum atomic E-state index is -0.396. The lowest BCUT2D eigenvalue weighted by Gasteiger charge is -2.35. The van der Waals surface area contributed by atoms with Crippen LogP contribution in [0.3, 0.4) is 0 Å². The summed E-state index contributed by atoms with van der Waals surface area (Å²) in [5.41, 5.74) is 1.78. The lowest BCUT2D eigenvalue weighted by Crippen LogP contribution is -2.50. The standard InChI is InChI=1S/C24H27N3O5/c1-14-10-13-31-21(14)24(30)25-17-8-11-27(12-9-17)15(2)23(29)26-20-18-6-4-5-7-19(18)32-22(20)16(3)28/h4-7,10,13,15,17H,8-9,11-12H2,1-3H3,(H,25,30)(H,26,29). The van der Waals surface area contributed by atoms with Crippen LogP contribution < -0.4 is 10.6 Å². The molecule has 8 heteroatoms. The molecule has 1 unspecified atom stereocenters. The molecular formula is C24H27N3O5. The Bertz CT molecular complexity index is 1150. The maximum absolute atomic E-state index is 13.0. The normalized spacial score (nSPS) is 16.1. The first-order valence-corrected chi connectivity index (χ1v) is 10.8. The molecule has 1 aliphatic heterocycles. The number of nitrogens with zero attached hydrogens (tertiary/aromatic N) is 1. The van der Waals surface area contributed by atoms with E-state index in [2.05, 4.69) is 15.5 Å². The van der Waals surface area contributed by atoms with Crippen molar-refractivity contribution < 1.29 is 23.2 Å². The molecule has 0 spiro atoms. The predicted molar refractivity (Wildman–Crippen MR) is 120 cm³/mol. The number of carbonyl (C=O) groups is 3. The summed E-state index contributed by atoms with van der Waals surface area (Å²) in [5.74, 6) is -0.157. The molecule has 1 aromatic carbocycles. The first-order chi connectivity index (χ1) is 15.3. The summed E-state index contributed by atoms with van der Waals surface area (Å²) in [5, 5.41) is 6.62. The van der Waals surface area contributed by atoms with E-state index in [0.717, 1.165) is 18.4 Å². The van der Waals surface area contributed by atoms with Crippen molar-refractivity contribution in [3.05, 3.63) is 53.7 Å². The van der Waals surface area contributed by atoms with Gasteiger partial charge in [-0.3, -0.25) is 19.3 Å². The molecule has 1 atom stereocenters. The summed E-state index contributed by atoms with van der Waals surface area (Å²) < 4.78 is 10.9. The van der Waals surface area contributed by atoms with Gasteiger partial charge in [0.2, 0.25) is 5.91 Å². The number of aryl methyl sites for hydroxylation is 1. The maximum Gasteiger partial charge on any atom is 0.287 e. The number of anilines is 1. The van der Waals surface area contributed by atoms with Crippen LogP contribution in [0, 0.1) is 6.92 Å². The Morgan fingerprint density at radius 3 is 2.47 bits per heavy atom. The number of ketones is 1. The highest BCUT2D eigenvalue weighted by Gasteiger charge is 2.29. The van der Waals surface area contributed by atoms with Crippen LogP contribution in [0.25, 0.3) is 11.0 Å². The topological polar surface area (TPSA) is 105 Å². The van der Waals surface area contributed by atoms with Gasteiger partial charge < -0.3 is 19.5 Å². The van der Waals surface area contributed by atoms with E-state index in [9.17, 15) is 14.4 Å². The molecular weight excluding hydrogens is 410 g/mol. The molecule has 0 saturated carbocycles.